The first-order chi connectivity index (χ1) is 16.7. The van der Waals surface area contributed by atoms with E-state index in [-0.39, 0.29) is 23.1 Å². The Hall–Kier alpha value is -4.07. The predicted molar refractivity (Wildman–Crippen MR) is 132 cm³/mol. The Labute approximate surface area is 198 Å². The highest BCUT2D eigenvalue weighted by Gasteiger charge is 2.52. The SMILES string of the molecule is Cn1c(=O)c2cc3n(c2n(C)c1=O)C[C@@H]1[C@H]3c2c(c3ccc4ccccc4c3oc2=O)OC1(C)C. The van der Waals surface area contributed by atoms with Gasteiger partial charge in [-0.1, -0.05) is 30.3 Å². The Bertz CT molecular complexity index is 1940. The van der Waals surface area contributed by atoms with Gasteiger partial charge in [0.25, 0.3) is 5.56 Å². The smallest absolute Gasteiger partial charge is 0.343 e. The summed E-state index contributed by atoms with van der Waals surface area (Å²) < 4.78 is 17.2. The van der Waals surface area contributed by atoms with Gasteiger partial charge in [0.2, 0.25) is 0 Å². The molecule has 0 spiro atoms. The molecule has 2 aromatic carbocycles. The van der Waals surface area contributed by atoms with Crippen molar-refractivity contribution in [1.29, 1.82) is 0 Å². The summed E-state index contributed by atoms with van der Waals surface area (Å²) in [5, 5.41) is 3.05. The molecule has 0 aliphatic carbocycles. The van der Waals surface area contributed by atoms with Crippen LogP contribution in [0.25, 0.3) is 32.8 Å². The topological polar surface area (TPSA) is 88.4 Å². The fourth-order valence-corrected chi connectivity index (χ4v) is 6.22. The molecule has 2 aliphatic rings. The standard InChI is InChI=1S/C27H23N3O5/c1-27(2)17-12-30-18(11-16-23(30)28(3)26(33)29(4)24(16)31)19(17)20-22(35-27)15-10-9-13-7-5-6-8-14(13)21(15)34-25(20)32/h5-11,17,19H,12H2,1-4H3/t17-,19-/m1/s1. The van der Waals surface area contributed by atoms with Gasteiger partial charge in [0.05, 0.1) is 16.3 Å². The third kappa shape index (κ3) is 2.39. The molecule has 0 radical (unpaired) electrons. The molecule has 8 nitrogen and oxygen atoms in total. The van der Waals surface area contributed by atoms with E-state index in [0.717, 1.165) is 26.4 Å². The molecule has 5 aromatic rings. The van der Waals surface area contributed by atoms with Crippen molar-refractivity contribution in [3.63, 3.8) is 0 Å². The molecule has 0 amide bonds. The number of hydrogen-bond donors (Lipinski definition) is 0. The highest BCUT2D eigenvalue weighted by Crippen LogP contribution is 2.54. The molecule has 7 rings (SSSR count). The van der Waals surface area contributed by atoms with E-state index in [2.05, 4.69) is 0 Å². The zero-order valence-corrected chi connectivity index (χ0v) is 19.8. The Morgan fingerprint density at radius 1 is 0.943 bits per heavy atom. The molecule has 2 aliphatic heterocycles. The minimum Gasteiger partial charge on any atom is -0.486 e. The van der Waals surface area contributed by atoms with Gasteiger partial charge in [-0.05, 0) is 31.4 Å². The molecule has 0 N–H and O–H groups in total. The van der Waals surface area contributed by atoms with Gasteiger partial charge in [-0.15, -0.1) is 0 Å². The number of ether oxygens (including phenoxy) is 1. The highest BCUT2D eigenvalue weighted by atomic mass is 16.5. The molecule has 3 aromatic heterocycles. The molecule has 2 atom stereocenters. The summed E-state index contributed by atoms with van der Waals surface area (Å²) in [6.45, 7) is 4.58. The largest absolute Gasteiger partial charge is 0.486 e. The van der Waals surface area contributed by atoms with Crippen LogP contribution in [0.15, 0.2) is 61.3 Å². The molecule has 35 heavy (non-hydrogen) atoms. The summed E-state index contributed by atoms with van der Waals surface area (Å²) in [5.74, 6) is 0.135. The quantitative estimate of drug-likeness (QED) is 0.257. The van der Waals surface area contributed by atoms with E-state index in [1.165, 1.54) is 11.6 Å². The van der Waals surface area contributed by atoms with Crippen molar-refractivity contribution in [1.82, 2.24) is 13.7 Å². The number of benzene rings is 2. The van der Waals surface area contributed by atoms with E-state index in [1.54, 1.807) is 7.05 Å². The number of fused-ring (bicyclic) bond motifs is 11. The van der Waals surface area contributed by atoms with Crippen LogP contribution in [0.4, 0.5) is 0 Å². The van der Waals surface area contributed by atoms with Crippen LogP contribution in [-0.2, 0) is 20.6 Å². The lowest BCUT2D eigenvalue weighted by atomic mass is 9.74. The van der Waals surface area contributed by atoms with Crippen molar-refractivity contribution >= 4 is 32.8 Å². The average Bonchev–Trinajstić information content (AvgIpc) is 3.39. The van der Waals surface area contributed by atoms with Gasteiger partial charge in [-0.3, -0.25) is 13.9 Å². The fraction of sp³-hybridized carbons (Fsp3) is 0.296. The summed E-state index contributed by atoms with van der Waals surface area (Å²) in [5.41, 5.74) is 0.612. The normalized spacial score (nSPS) is 20.1. The van der Waals surface area contributed by atoms with Crippen molar-refractivity contribution in [3.8, 4) is 5.75 Å². The molecule has 176 valence electrons. The Morgan fingerprint density at radius 3 is 2.51 bits per heavy atom. The van der Waals surface area contributed by atoms with Crippen LogP contribution in [0, 0.1) is 5.92 Å². The van der Waals surface area contributed by atoms with Crippen molar-refractivity contribution in [2.75, 3.05) is 0 Å². The summed E-state index contributed by atoms with van der Waals surface area (Å²) in [7, 11) is 3.15. The van der Waals surface area contributed by atoms with Gasteiger partial charge < -0.3 is 13.7 Å². The second-order valence-electron chi connectivity index (χ2n) is 10.2. The van der Waals surface area contributed by atoms with Crippen LogP contribution in [-0.4, -0.2) is 19.3 Å². The monoisotopic (exact) mass is 469 g/mol. The molecule has 8 heteroatoms. The maximum atomic E-state index is 13.6. The van der Waals surface area contributed by atoms with Crippen molar-refractivity contribution in [3.05, 3.63) is 85.0 Å². The van der Waals surface area contributed by atoms with Crippen LogP contribution in [0.1, 0.15) is 31.0 Å². The fourth-order valence-electron chi connectivity index (χ4n) is 6.22. The summed E-state index contributed by atoms with van der Waals surface area (Å²) in [4.78, 5) is 39.2. The maximum Gasteiger partial charge on any atom is 0.343 e. The average molecular weight is 469 g/mol. The summed E-state index contributed by atoms with van der Waals surface area (Å²) >= 11 is 0. The van der Waals surface area contributed by atoms with Crippen molar-refractivity contribution < 1.29 is 9.15 Å². The molecular formula is C27H23N3O5. The molecule has 0 saturated carbocycles. The Balaban J connectivity index is 1.59. The van der Waals surface area contributed by atoms with E-state index in [9.17, 15) is 14.4 Å². The van der Waals surface area contributed by atoms with Crippen molar-refractivity contribution in [2.24, 2.45) is 20.0 Å². The van der Waals surface area contributed by atoms with E-state index in [1.807, 2.05) is 60.9 Å². The number of aryl methyl sites for hydroxylation is 1. The predicted octanol–water partition coefficient (Wildman–Crippen LogP) is 3.23. The van der Waals surface area contributed by atoms with Gasteiger partial charge in [0.15, 0.2) is 0 Å². The zero-order chi connectivity index (χ0) is 24.4. The zero-order valence-electron chi connectivity index (χ0n) is 19.8. The first kappa shape index (κ1) is 20.3. The minimum atomic E-state index is -0.603. The van der Waals surface area contributed by atoms with Gasteiger partial charge in [0.1, 0.15) is 22.6 Å². The van der Waals surface area contributed by atoms with Gasteiger partial charge in [0, 0.05) is 43.6 Å². The van der Waals surface area contributed by atoms with Crippen molar-refractivity contribution in [2.45, 2.75) is 31.9 Å². The molecule has 0 fully saturated rings. The minimum absolute atomic E-state index is 0.0747. The number of hydrogen-bond acceptors (Lipinski definition) is 5. The van der Waals surface area contributed by atoms with Gasteiger partial charge in [-0.25, -0.2) is 9.59 Å². The lowest BCUT2D eigenvalue weighted by Gasteiger charge is -2.41. The number of rotatable bonds is 0. The van der Waals surface area contributed by atoms with Crippen LogP contribution >= 0.6 is 0 Å². The summed E-state index contributed by atoms with van der Waals surface area (Å²) in [6, 6.07) is 13.6. The molecule has 5 heterocycles. The third-order valence-corrected chi connectivity index (χ3v) is 7.98. The van der Waals surface area contributed by atoms with Gasteiger partial charge in [-0.2, -0.15) is 0 Å². The molecule has 0 saturated heterocycles. The van der Waals surface area contributed by atoms with E-state index in [4.69, 9.17) is 9.15 Å². The lowest BCUT2D eigenvalue weighted by Crippen LogP contribution is -2.45. The molecular weight excluding hydrogens is 446 g/mol. The Morgan fingerprint density at radius 2 is 1.71 bits per heavy atom. The number of nitrogens with zero attached hydrogens (tertiary/aromatic N) is 3. The Kier molecular flexibility index (Phi) is 3.67. The van der Waals surface area contributed by atoms with E-state index >= 15 is 0 Å². The van der Waals surface area contributed by atoms with Crippen LogP contribution in [0.3, 0.4) is 0 Å². The van der Waals surface area contributed by atoms with Gasteiger partial charge >= 0.3 is 11.3 Å². The van der Waals surface area contributed by atoms with Crippen LogP contribution in [0.5, 0.6) is 5.75 Å². The first-order valence-corrected chi connectivity index (χ1v) is 11.7. The second-order valence-corrected chi connectivity index (χ2v) is 10.2. The first-order valence-electron chi connectivity index (χ1n) is 11.7. The third-order valence-electron chi connectivity index (χ3n) is 7.98. The summed E-state index contributed by atoms with van der Waals surface area (Å²) in [6.07, 6.45) is 0. The molecule has 0 unspecified atom stereocenters. The maximum absolute atomic E-state index is 13.6. The van der Waals surface area contributed by atoms with Crippen LogP contribution < -0.4 is 21.6 Å². The van der Waals surface area contributed by atoms with E-state index in [0.29, 0.717) is 34.5 Å². The lowest BCUT2D eigenvalue weighted by molar-refractivity contribution is 0.0199. The number of aromatic nitrogens is 3. The van der Waals surface area contributed by atoms with Crippen LogP contribution in [0.2, 0.25) is 0 Å². The second kappa shape index (κ2) is 6.33. The molecule has 0 bridgehead atoms. The highest BCUT2D eigenvalue weighted by molar-refractivity contribution is 6.06. The van der Waals surface area contributed by atoms with E-state index < -0.39 is 11.2 Å².